The lowest BCUT2D eigenvalue weighted by molar-refractivity contribution is -0.150. The van der Waals surface area contributed by atoms with Crippen LogP contribution in [0.5, 0.6) is 0 Å². The second kappa shape index (κ2) is 27.4. The van der Waals surface area contributed by atoms with Crippen molar-refractivity contribution < 1.29 is 48.1 Å². The molecule has 0 bridgehead atoms. The fourth-order valence-corrected chi connectivity index (χ4v) is 10.7. The van der Waals surface area contributed by atoms with Gasteiger partial charge in [-0.2, -0.15) is 11.8 Å². The third kappa shape index (κ3) is 15.1. The number of amides is 6. The Morgan fingerprint density at radius 1 is 0.896 bits per heavy atom. The first-order valence-electron chi connectivity index (χ1n) is 24.5. The number of ether oxygens (including phenoxy) is 2. The number of ketones is 1. The fourth-order valence-electron chi connectivity index (χ4n) is 10.0. The maximum atomic E-state index is 14.7. The lowest BCUT2D eigenvalue weighted by Crippen LogP contribution is -2.55. The standard InChI is InChI=1S/C51H83N5O10S/c1-14-33(6)46(40(65-11)29-43(59)55-27-21-24-38(55)48(66-12)34(7)49(62)52-35(8)47(61)36-22-17-15-18-23-36)54(10)50(63)37(31(2)3)28-39(57)45(32(4)5)53(9)42(58)25-19-16-20-26-56-44(60)30-41(67-13)51(56)64/h15,17-18,22-23,31-35,37-38,40-41,45-48,61H,14,16,19-21,24-30H2,1-13H3,(H,52,62)/t33-,34+,35+,37-,38-,40+,41?,45-,46-,47+,48+/m0/s1. The number of carbonyl (C=O) groups excluding carboxylic acids is 7. The Balaban J connectivity index is 1.69. The maximum Gasteiger partial charge on any atom is 0.242 e. The van der Waals surface area contributed by atoms with E-state index in [1.54, 1.807) is 52.0 Å². The van der Waals surface area contributed by atoms with Gasteiger partial charge in [0.1, 0.15) is 0 Å². The molecule has 6 amide bonds. The summed E-state index contributed by atoms with van der Waals surface area (Å²) in [5, 5.41) is 13.5. The second-order valence-corrected chi connectivity index (χ2v) is 20.6. The number of unbranched alkanes of at least 4 members (excludes halogenated alkanes) is 2. The summed E-state index contributed by atoms with van der Waals surface area (Å²) in [5.74, 6) is -3.22. The van der Waals surface area contributed by atoms with Crippen molar-refractivity contribution in [2.45, 2.75) is 167 Å². The summed E-state index contributed by atoms with van der Waals surface area (Å²) in [4.78, 5) is 101. The molecule has 3 rings (SSSR count). The van der Waals surface area contributed by atoms with Gasteiger partial charge < -0.3 is 34.6 Å². The van der Waals surface area contributed by atoms with Gasteiger partial charge in [0.25, 0.3) is 0 Å². The van der Waals surface area contributed by atoms with Crippen LogP contribution < -0.4 is 5.32 Å². The zero-order valence-corrected chi connectivity index (χ0v) is 43.5. The maximum absolute atomic E-state index is 14.7. The van der Waals surface area contributed by atoms with Crippen LogP contribution in [0.1, 0.15) is 131 Å². The van der Waals surface area contributed by atoms with Gasteiger partial charge in [-0.05, 0) is 62.2 Å². The van der Waals surface area contributed by atoms with Gasteiger partial charge >= 0.3 is 0 Å². The van der Waals surface area contributed by atoms with Gasteiger partial charge in [-0.25, -0.2) is 0 Å². The molecular weight excluding hydrogens is 875 g/mol. The van der Waals surface area contributed by atoms with Gasteiger partial charge in [-0.1, -0.05) is 91.6 Å². The lowest BCUT2D eigenvalue weighted by Gasteiger charge is -2.41. The summed E-state index contributed by atoms with van der Waals surface area (Å²) in [6.07, 6.45) is 3.83. The number of aliphatic hydroxyl groups is 1. The molecule has 1 aromatic rings. The lowest BCUT2D eigenvalue weighted by atomic mass is 9.83. The van der Waals surface area contributed by atoms with Gasteiger partial charge in [-0.15, -0.1) is 0 Å². The van der Waals surface area contributed by atoms with Gasteiger partial charge in [0.2, 0.25) is 35.4 Å². The number of likely N-dealkylation sites (N-methyl/N-ethyl adjacent to an activating group) is 2. The molecule has 15 nitrogen and oxygen atoms in total. The average molecular weight is 958 g/mol. The highest BCUT2D eigenvalue weighted by atomic mass is 32.2. The summed E-state index contributed by atoms with van der Waals surface area (Å²) in [6, 6.07) is 6.94. The number of nitrogens with one attached hydrogen (secondary N) is 1. The van der Waals surface area contributed by atoms with E-state index in [1.165, 1.54) is 21.6 Å². The van der Waals surface area contributed by atoms with Crippen molar-refractivity contribution in [3.05, 3.63) is 35.9 Å². The van der Waals surface area contributed by atoms with Crippen molar-refractivity contribution in [1.82, 2.24) is 24.9 Å². The normalized spacial score (nSPS) is 20.5. The van der Waals surface area contributed by atoms with Crippen LogP contribution in [-0.2, 0) is 43.0 Å². The molecule has 2 heterocycles. The molecule has 2 saturated heterocycles. The van der Waals surface area contributed by atoms with Crippen LogP contribution in [0.4, 0.5) is 0 Å². The molecular formula is C51H83N5O10S. The topological polar surface area (TPSA) is 183 Å². The molecule has 2 aliphatic rings. The predicted octanol–water partition coefficient (Wildman–Crippen LogP) is 5.91. The Morgan fingerprint density at radius 3 is 2.10 bits per heavy atom. The number of carbonyl (C=O) groups is 7. The summed E-state index contributed by atoms with van der Waals surface area (Å²) >= 11 is 1.38. The molecule has 0 radical (unpaired) electrons. The highest BCUT2D eigenvalue weighted by Gasteiger charge is 2.44. The first-order chi connectivity index (χ1) is 31.7. The summed E-state index contributed by atoms with van der Waals surface area (Å²) in [7, 11) is 6.44. The van der Waals surface area contributed by atoms with E-state index < -0.39 is 48.3 Å². The number of benzene rings is 1. The Labute approximate surface area is 405 Å². The minimum absolute atomic E-state index is 0.0163. The Kier molecular flexibility index (Phi) is 23.5. The molecule has 0 aromatic heterocycles. The van der Waals surface area contributed by atoms with E-state index in [-0.39, 0.29) is 96.0 Å². The van der Waals surface area contributed by atoms with E-state index in [0.29, 0.717) is 50.8 Å². The fraction of sp³-hybridized carbons (Fsp3) is 0.745. The van der Waals surface area contributed by atoms with E-state index in [4.69, 9.17) is 9.47 Å². The van der Waals surface area contributed by atoms with Gasteiger partial charge in [0.15, 0.2) is 5.78 Å². The quantitative estimate of drug-likeness (QED) is 0.0753. The molecule has 1 aromatic carbocycles. The summed E-state index contributed by atoms with van der Waals surface area (Å²) < 4.78 is 12.0. The minimum Gasteiger partial charge on any atom is -0.386 e. The molecule has 11 atom stereocenters. The Morgan fingerprint density at radius 2 is 1.55 bits per heavy atom. The number of nitrogens with zero attached hydrogens (tertiary/aromatic N) is 4. The molecule has 2 aliphatic heterocycles. The summed E-state index contributed by atoms with van der Waals surface area (Å²) in [5.41, 5.74) is 0.693. The molecule has 1 unspecified atom stereocenters. The van der Waals surface area contributed by atoms with E-state index in [0.717, 1.165) is 6.42 Å². The van der Waals surface area contributed by atoms with Crippen molar-refractivity contribution in [2.24, 2.45) is 29.6 Å². The molecule has 2 fully saturated rings. The van der Waals surface area contributed by atoms with Crippen LogP contribution in [0.25, 0.3) is 0 Å². The van der Waals surface area contributed by atoms with Gasteiger partial charge in [-0.3, -0.25) is 38.5 Å². The molecule has 378 valence electrons. The van der Waals surface area contributed by atoms with Gasteiger partial charge in [0.05, 0.1) is 60.1 Å². The van der Waals surface area contributed by atoms with Crippen LogP contribution in [0.15, 0.2) is 30.3 Å². The average Bonchev–Trinajstić information content (AvgIpc) is 3.90. The monoisotopic (exact) mass is 958 g/mol. The third-order valence-corrected chi connectivity index (χ3v) is 15.3. The molecule has 16 heteroatoms. The molecule has 0 saturated carbocycles. The third-order valence-electron chi connectivity index (χ3n) is 14.3. The van der Waals surface area contributed by atoms with Gasteiger partial charge in [0, 0.05) is 66.6 Å². The van der Waals surface area contributed by atoms with Crippen LogP contribution >= 0.6 is 11.8 Å². The number of hydrogen-bond acceptors (Lipinski definition) is 11. The Hall–Kier alpha value is -3.86. The number of hydrogen-bond donors (Lipinski definition) is 2. The number of likely N-dealkylation sites (tertiary alicyclic amines) is 2. The van der Waals surface area contributed by atoms with Crippen LogP contribution in [0.2, 0.25) is 0 Å². The second-order valence-electron chi connectivity index (χ2n) is 19.6. The number of Topliss-reactive ketones (excluding diaryl/α,β-unsaturated/α-hetero) is 1. The molecule has 2 N–H and O–H groups in total. The number of methoxy groups -OCH3 is 2. The first-order valence-corrected chi connectivity index (χ1v) is 25.8. The van der Waals surface area contributed by atoms with E-state index >= 15 is 0 Å². The number of rotatable bonds is 28. The number of thioether (sulfide) groups is 1. The minimum atomic E-state index is -0.903. The first kappa shape index (κ1) is 57.5. The van der Waals surface area contributed by atoms with Crippen LogP contribution in [0, 0.1) is 29.6 Å². The van der Waals surface area contributed by atoms with Crippen LogP contribution in [0.3, 0.4) is 0 Å². The molecule has 0 spiro atoms. The van der Waals surface area contributed by atoms with Crippen LogP contribution in [-0.4, -0.2) is 155 Å². The molecule has 0 aliphatic carbocycles. The smallest absolute Gasteiger partial charge is 0.242 e. The van der Waals surface area contributed by atoms with E-state index in [2.05, 4.69) is 5.32 Å². The van der Waals surface area contributed by atoms with E-state index in [9.17, 15) is 38.7 Å². The zero-order valence-electron chi connectivity index (χ0n) is 42.7. The van der Waals surface area contributed by atoms with Crippen molar-refractivity contribution in [2.75, 3.05) is 47.7 Å². The van der Waals surface area contributed by atoms with Crippen molar-refractivity contribution in [3.63, 3.8) is 0 Å². The number of aliphatic hydroxyl groups excluding tert-OH is 1. The zero-order chi connectivity index (χ0) is 50.3. The Bertz CT molecular complexity index is 1800. The number of imide groups is 1. The highest BCUT2D eigenvalue weighted by molar-refractivity contribution is 8.00. The molecule has 67 heavy (non-hydrogen) atoms. The SMILES string of the molecule is CC[C@H](C)[C@@H]([C@@H](CC(=O)N1CCC[C@H]1[C@H](OC)[C@@H](C)C(=O)N[C@H](C)[C@@H](O)c1ccccc1)OC)N(C)C(=O)[C@@H](CC(=O)[C@H](C(C)C)N(C)C(=O)CCCCCN1C(=O)CC(SC)C1=O)C(C)C. The van der Waals surface area contributed by atoms with E-state index in [1.807, 2.05) is 78.1 Å². The largest absolute Gasteiger partial charge is 0.386 e. The van der Waals surface area contributed by atoms with Crippen molar-refractivity contribution in [1.29, 1.82) is 0 Å². The highest BCUT2D eigenvalue weighted by Crippen LogP contribution is 2.32. The predicted molar refractivity (Wildman–Crippen MR) is 262 cm³/mol. The summed E-state index contributed by atoms with van der Waals surface area (Å²) in [6.45, 7) is 16.0. The van der Waals surface area contributed by atoms with Crippen molar-refractivity contribution >= 4 is 53.0 Å². The van der Waals surface area contributed by atoms with Crippen molar-refractivity contribution in [3.8, 4) is 0 Å².